The zero-order valence-corrected chi connectivity index (χ0v) is 22.1. The fraction of sp³-hybridized carbons (Fsp3) is 0.286. The Hall–Kier alpha value is -4.12. The summed E-state index contributed by atoms with van der Waals surface area (Å²) in [6, 6.07) is 14.9. The number of aliphatic hydroxyl groups excluding tert-OH is 1. The number of benzene rings is 2. The summed E-state index contributed by atoms with van der Waals surface area (Å²) in [7, 11) is 0. The van der Waals surface area contributed by atoms with Gasteiger partial charge < -0.3 is 30.1 Å². The minimum atomic E-state index is -2.23. The molecular weight excluding hydrogens is 557 g/mol. The third-order valence-corrected chi connectivity index (χ3v) is 6.92. The molecule has 2 aromatic heterocycles. The molecule has 13 heteroatoms. The number of halogens is 2. The lowest BCUT2D eigenvalue weighted by Gasteiger charge is -2.26. The lowest BCUT2D eigenvalue weighted by atomic mass is 9.93. The number of carboxylic acids is 1. The Morgan fingerprint density at radius 2 is 2.00 bits per heavy atom. The van der Waals surface area contributed by atoms with Gasteiger partial charge >= 0.3 is 5.97 Å². The number of terminal acetylenes is 1. The molecule has 0 amide bonds. The van der Waals surface area contributed by atoms with E-state index in [-0.39, 0.29) is 41.0 Å². The highest BCUT2D eigenvalue weighted by Gasteiger charge is 2.56. The number of anilines is 1. The van der Waals surface area contributed by atoms with Gasteiger partial charge in [-0.2, -0.15) is 9.97 Å². The lowest BCUT2D eigenvalue weighted by molar-refractivity contribution is -0.156. The number of hydrogen-bond acceptors (Lipinski definition) is 9. The second kappa shape index (κ2) is 11.8. The number of nitrogens with zero attached hydrogens (tertiary/aromatic N) is 4. The van der Waals surface area contributed by atoms with E-state index in [0.717, 1.165) is 5.56 Å². The van der Waals surface area contributed by atoms with Crippen molar-refractivity contribution in [3.8, 4) is 12.3 Å². The number of rotatable bonds is 10. The van der Waals surface area contributed by atoms with Crippen molar-refractivity contribution >= 4 is 34.6 Å². The summed E-state index contributed by atoms with van der Waals surface area (Å²) in [5.74, 6) is 0.812. The predicted molar refractivity (Wildman–Crippen MR) is 145 cm³/mol. The molecule has 11 nitrogen and oxygen atoms in total. The Bertz CT molecular complexity index is 1600. The predicted octanol–water partition coefficient (Wildman–Crippen LogP) is 2.57. The fourth-order valence-electron chi connectivity index (χ4n) is 4.60. The summed E-state index contributed by atoms with van der Waals surface area (Å²) >= 11 is 6.17. The quantitative estimate of drug-likeness (QED) is 0.162. The van der Waals surface area contributed by atoms with Crippen LogP contribution in [0, 0.1) is 18.2 Å². The summed E-state index contributed by atoms with van der Waals surface area (Å²) in [5.41, 5.74) is -0.424. The van der Waals surface area contributed by atoms with Gasteiger partial charge in [0.05, 0.1) is 12.9 Å². The van der Waals surface area contributed by atoms with Gasteiger partial charge in [0.25, 0.3) is 0 Å². The summed E-state index contributed by atoms with van der Waals surface area (Å²) < 4.78 is 26.5. The molecule has 1 aliphatic rings. The topological polar surface area (TPSA) is 152 Å². The molecule has 0 radical (unpaired) electrons. The van der Waals surface area contributed by atoms with Gasteiger partial charge in [-0.15, -0.1) is 6.42 Å². The molecule has 1 saturated heterocycles. The van der Waals surface area contributed by atoms with E-state index in [1.165, 1.54) is 23.0 Å². The van der Waals surface area contributed by atoms with Crippen LogP contribution in [-0.4, -0.2) is 71.3 Å². The SMILES string of the molecule is C#C[C@@]1(O)[C@@H](COC(Cc2ccccc2)C(=O)O)O[C@@H](n2cnc3c(NCc4cccc(F)c4)nc(Cl)nc32)[C@@H]1O. The number of aromatic nitrogens is 4. The molecule has 1 unspecified atom stereocenters. The van der Waals surface area contributed by atoms with E-state index >= 15 is 0 Å². The normalized spacial score (nSPS) is 22.9. The highest BCUT2D eigenvalue weighted by Crippen LogP contribution is 2.39. The number of ether oxygens (including phenoxy) is 2. The molecule has 3 heterocycles. The van der Waals surface area contributed by atoms with Crippen LogP contribution in [0.25, 0.3) is 11.2 Å². The minimum Gasteiger partial charge on any atom is -0.479 e. The van der Waals surface area contributed by atoms with Crippen LogP contribution in [0.1, 0.15) is 17.4 Å². The standard InChI is InChI=1S/C28H25ClFN5O6/c1-2-28(39)20(14-40-19(26(37)38)12-16-7-4-3-5-8-16)41-25(22(28)36)35-15-32-21-23(33-27(29)34-24(21)35)31-13-17-9-6-10-18(30)11-17/h1,3-11,15,19-20,22,25,36,39H,12-14H2,(H,37,38)(H,31,33,34)/t19?,20-,22+,25-,28-/m1/s1. The maximum absolute atomic E-state index is 13.6. The third kappa shape index (κ3) is 5.85. The molecule has 0 bridgehead atoms. The number of hydrogen-bond donors (Lipinski definition) is 4. The molecular formula is C28H25ClFN5O6. The maximum Gasteiger partial charge on any atom is 0.333 e. The maximum atomic E-state index is 13.6. The van der Waals surface area contributed by atoms with Gasteiger partial charge in [-0.05, 0) is 34.9 Å². The average Bonchev–Trinajstić information content (AvgIpc) is 3.48. The van der Waals surface area contributed by atoms with Crippen molar-refractivity contribution in [1.29, 1.82) is 0 Å². The third-order valence-electron chi connectivity index (χ3n) is 6.75. The number of aliphatic hydroxyl groups is 2. The van der Waals surface area contributed by atoms with Crippen molar-refractivity contribution in [1.82, 2.24) is 19.5 Å². The molecule has 2 aromatic carbocycles. The van der Waals surface area contributed by atoms with Gasteiger partial charge in [-0.3, -0.25) is 4.57 Å². The summed E-state index contributed by atoms with van der Waals surface area (Å²) in [6.07, 6.45) is 1.46. The van der Waals surface area contributed by atoms with Crippen LogP contribution in [0.3, 0.4) is 0 Å². The highest BCUT2D eigenvalue weighted by molar-refractivity contribution is 6.28. The van der Waals surface area contributed by atoms with Gasteiger partial charge in [0.2, 0.25) is 5.28 Å². The van der Waals surface area contributed by atoms with E-state index in [0.29, 0.717) is 5.56 Å². The first-order valence-corrected chi connectivity index (χ1v) is 12.9. The number of carboxylic acid groups (broad SMARTS) is 1. The van der Waals surface area contributed by atoms with Crippen LogP contribution >= 0.6 is 11.6 Å². The van der Waals surface area contributed by atoms with Crippen LogP contribution in [0.2, 0.25) is 5.28 Å². The zero-order valence-electron chi connectivity index (χ0n) is 21.4. The minimum absolute atomic E-state index is 0.0658. The molecule has 212 valence electrons. The molecule has 1 aliphatic heterocycles. The Morgan fingerprint density at radius 1 is 1.24 bits per heavy atom. The average molecular weight is 582 g/mol. The number of nitrogens with one attached hydrogen (secondary N) is 1. The van der Waals surface area contributed by atoms with E-state index < -0.39 is 42.7 Å². The van der Waals surface area contributed by atoms with Crippen LogP contribution in [-0.2, 0) is 27.2 Å². The first-order chi connectivity index (χ1) is 19.7. The Morgan fingerprint density at radius 3 is 2.71 bits per heavy atom. The molecule has 1 fully saturated rings. The van der Waals surface area contributed by atoms with Gasteiger partial charge in [0.15, 0.2) is 34.9 Å². The number of aliphatic carboxylic acids is 1. The van der Waals surface area contributed by atoms with Gasteiger partial charge in [0, 0.05) is 13.0 Å². The second-order valence-corrected chi connectivity index (χ2v) is 9.77. The van der Waals surface area contributed by atoms with Gasteiger partial charge in [0.1, 0.15) is 18.0 Å². The molecule has 0 aliphatic carbocycles. The van der Waals surface area contributed by atoms with Crippen molar-refractivity contribution in [2.75, 3.05) is 11.9 Å². The molecule has 0 spiro atoms. The molecule has 4 aromatic rings. The number of imidazole rings is 1. The van der Waals surface area contributed by atoms with E-state index in [9.17, 15) is 24.5 Å². The van der Waals surface area contributed by atoms with Crippen LogP contribution in [0.15, 0.2) is 60.9 Å². The van der Waals surface area contributed by atoms with Gasteiger partial charge in [-0.1, -0.05) is 48.4 Å². The Kier molecular flexibility index (Phi) is 8.16. The summed E-state index contributed by atoms with van der Waals surface area (Å²) in [6.45, 7) is -0.222. The van der Waals surface area contributed by atoms with Crippen LogP contribution in [0.4, 0.5) is 10.2 Å². The first-order valence-electron chi connectivity index (χ1n) is 12.5. The Labute approximate surface area is 238 Å². The van der Waals surface area contributed by atoms with Crippen LogP contribution in [0.5, 0.6) is 0 Å². The smallest absolute Gasteiger partial charge is 0.333 e. The van der Waals surface area contributed by atoms with E-state index in [1.807, 2.05) is 6.07 Å². The van der Waals surface area contributed by atoms with E-state index in [2.05, 4.69) is 26.2 Å². The van der Waals surface area contributed by atoms with Crippen molar-refractivity contribution < 1.29 is 34.0 Å². The lowest BCUT2D eigenvalue weighted by Crippen LogP contribution is -2.48. The zero-order chi connectivity index (χ0) is 29.1. The summed E-state index contributed by atoms with van der Waals surface area (Å²) in [5, 5.41) is 34.8. The van der Waals surface area contributed by atoms with Gasteiger partial charge in [-0.25, -0.2) is 14.2 Å². The van der Waals surface area contributed by atoms with Crippen LogP contribution < -0.4 is 5.32 Å². The molecule has 41 heavy (non-hydrogen) atoms. The van der Waals surface area contributed by atoms with E-state index in [4.69, 9.17) is 27.5 Å². The van der Waals surface area contributed by atoms with Crippen molar-refractivity contribution in [3.05, 3.63) is 83.2 Å². The number of fused-ring (bicyclic) bond motifs is 1. The Balaban J connectivity index is 1.37. The highest BCUT2D eigenvalue weighted by atomic mass is 35.5. The second-order valence-electron chi connectivity index (χ2n) is 9.43. The molecule has 5 atom stereocenters. The van der Waals surface area contributed by atoms with E-state index in [1.54, 1.807) is 36.4 Å². The van der Waals surface area contributed by atoms with Crippen molar-refractivity contribution in [2.24, 2.45) is 0 Å². The summed E-state index contributed by atoms with van der Waals surface area (Å²) in [4.78, 5) is 24.5. The fourth-order valence-corrected chi connectivity index (χ4v) is 4.76. The van der Waals surface area contributed by atoms with Crippen molar-refractivity contribution in [3.63, 3.8) is 0 Å². The monoisotopic (exact) mass is 581 g/mol. The van der Waals surface area contributed by atoms with Crippen molar-refractivity contribution in [2.45, 2.75) is 43.1 Å². The molecule has 0 saturated carbocycles. The molecule has 5 rings (SSSR count). The first kappa shape index (κ1) is 28.4. The molecule has 4 N–H and O–H groups in total. The largest absolute Gasteiger partial charge is 0.479 e. The number of carbonyl (C=O) groups is 1.